The lowest BCUT2D eigenvalue weighted by atomic mass is 10.1. The second kappa shape index (κ2) is 6.89. The SMILES string of the molecule is Cl.O=C(CCC1CCCN1)Nc1ccsc1. The van der Waals surface area contributed by atoms with Crippen LogP contribution in [-0.2, 0) is 4.79 Å². The lowest BCUT2D eigenvalue weighted by Crippen LogP contribution is -2.23. The molecule has 2 N–H and O–H groups in total. The van der Waals surface area contributed by atoms with Gasteiger partial charge in [0.05, 0.1) is 5.69 Å². The molecule has 16 heavy (non-hydrogen) atoms. The molecular weight excluding hydrogens is 244 g/mol. The lowest BCUT2D eigenvalue weighted by Gasteiger charge is -2.09. The number of amides is 1. The van der Waals surface area contributed by atoms with Crippen LogP contribution >= 0.6 is 23.7 Å². The highest BCUT2D eigenvalue weighted by Gasteiger charge is 2.15. The van der Waals surface area contributed by atoms with Crippen molar-refractivity contribution in [3.63, 3.8) is 0 Å². The molecule has 0 saturated carbocycles. The van der Waals surface area contributed by atoms with Gasteiger partial charge in [-0.05, 0) is 37.3 Å². The summed E-state index contributed by atoms with van der Waals surface area (Å²) in [6.07, 6.45) is 4.03. The molecule has 1 fully saturated rings. The second-order valence-electron chi connectivity index (χ2n) is 3.89. The Hall–Kier alpha value is -0.580. The van der Waals surface area contributed by atoms with E-state index in [2.05, 4.69) is 10.6 Å². The van der Waals surface area contributed by atoms with Gasteiger partial charge in [-0.25, -0.2) is 0 Å². The van der Waals surface area contributed by atoms with E-state index < -0.39 is 0 Å². The van der Waals surface area contributed by atoms with E-state index in [4.69, 9.17) is 0 Å². The molecule has 5 heteroatoms. The number of carbonyl (C=O) groups is 1. The third-order valence-corrected chi connectivity index (χ3v) is 3.37. The van der Waals surface area contributed by atoms with Crippen molar-refractivity contribution in [1.82, 2.24) is 5.32 Å². The van der Waals surface area contributed by atoms with E-state index in [0.717, 1.165) is 18.7 Å². The van der Waals surface area contributed by atoms with Crippen LogP contribution < -0.4 is 10.6 Å². The first-order valence-corrected chi connectivity index (χ1v) is 6.34. The smallest absolute Gasteiger partial charge is 0.224 e. The highest BCUT2D eigenvalue weighted by molar-refractivity contribution is 7.08. The minimum Gasteiger partial charge on any atom is -0.325 e. The minimum atomic E-state index is 0. The summed E-state index contributed by atoms with van der Waals surface area (Å²) < 4.78 is 0. The Bertz CT molecular complexity index is 310. The number of halogens is 1. The summed E-state index contributed by atoms with van der Waals surface area (Å²) in [5.74, 6) is 0.127. The first-order chi connectivity index (χ1) is 7.34. The van der Waals surface area contributed by atoms with Crippen LogP contribution in [-0.4, -0.2) is 18.5 Å². The molecule has 2 rings (SSSR count). The van der Waals surface area contributed by atoms with Gasteiger partial charge >= 0.3 is 0 Å². The molecule has 1 aromatic rings. The Labute approximate surface area is 106 Å². The third kappa shape index (κ3) is 4.12. The minimum absolute atomic E-state index is 0. The summed E-state index contributed by atoms with van der Waals surface area (Å²) in [7, 11) is 0. The zero-order valence-electron chi connectivity index (χ0n) is 9.07. The number of rotatable bonds is 4. The molecule has 1 aliphatic rings. The number of hydrogen-bond donors (Lipinski definition) is 2. The molecule has 0 aliphatic carbocycles. The van der Waals surface area contributed by atoms with Crippen LogP contribution in [0.5, 0.6) is 0 Å². The van der Waals surface area contributed by atoms with Gasteiger partial charge in [-0.3, -0.25) is 4.79 Å². The maximum Gasteiger partial charge on any atom is 0.224 e. The van der Waals surface area contributed by atoms with Crippen molar-refractivity contribution in [3.05, 3.63) is 16.8 Å². The van der Waals surface area contributed by atoms with E-state index in [1.807, 2.05) is 16.8 Å². The zero-order valence-corrected chi connectivity index (χ0v) is 10.7. The van der Waals surface area contributed by atoms with Crippen molar-refractivity contribution < 1.29 is 4.79 Å². The number of thiophene rings is 1. The summed E-state index contributed by atoms with van der Waals surface area (Å²) >= 11 is 1.60. The molecule has 1 saturated heterocycles. The van der Waals surface area contributed by atoms with Crippen molar-refractivity contribution in [3.8, 4) is 0 Å². The van der Waals surface area contributed by atoms with E-state index >= 15 is 0 Å². The zero-order chi connectivity index (χ0) is 10.5. The van der Waals surface area contributed by atoms with Crippen LogP contribution in [0, 0.1) is 0 Å². The van der Waals surface area contributed by atoms with E-state index in [9.17, 15) is 4.79 Å². The maximum atomic E-state index is 11.5. The van der Waals surface area contributed by atoms with Crippen LogP contribution in [0.4, 0.5) is 5.69 Å². The largest absolute Gasteiger partial charge is 0.325 e. The fourth-order valence-electron chi connectivity index (χ4n) is 1.87. The van der Waals surface area contributed by atoms with Crippen LogP contribution in [0.2, 0.25) is 0 Å². The van der Waals surface area contributed by atoms with Gasteiger partial charge in [0.1, 0.15) is 0 Å². The molecule has 0 radical (unpaired) electrons. The van der Waals surface area contributed by atoms with Gasteiger partial charge in [0.25, 0.3) is 0 Å². The quantitative estimate of drug-likeness (QED) is 0.874. The fraction of sp³-hybridized carbons (Fsp3) is 0.545. The van der Waals surface area contributed by atoms with Gasteiger partial charge < -0.3 is 10.6 Å². The Balaban J connectivity index is 0.00000128. The average molecular weight is 261 g/mol. The van der Waals surface area contributed by atoms with Gasteiger partial charge in [0.15, 0.2) is 0 Å². The third-order valence-electron chi connectivity index (χ3n) is 2.69. The van der Waals surface area contributed by atoms with Gasteiger partial charge in [0.2, 0.25) is 5.91 Å². The fourth-order valence-corrected chi connectivity index (χ4v) is 2.46. The van der Waals surface area contributed by atoms with E-state index in [0.29, 0.717) is 12.5 Å². The topological polar surface area (TPSA) is 41.1 Å². The molecule has 0 aromatic carbocycles. The summed E-state index contributed by atoms with van der Waals surface area (Å²) in [6, 6.07) is 2.48. The van der Waals surface area contributed by atoms with Crippen molar-refractivity contribution in [2.24, 2.45) is 0 Å². The lowest BCUT2D eigenvalue weighted by molar-refractivity contribution is -0.116. The van der Waals surface area contributed by atoms with Crippen LogP contribution in [0.1, 0.15) is 25.7 Å². The molecule has 1 amide bonds. The first-order valence-electron chi connectivity index (χ1n) is 5.40. The van der Waals surface area contributed by atoms with Gasteiger partial charge in [0, 0.05) is 17.8 Å². The summed E-state index contributed by atoms with van der Waals surface area (Å²) in [4.78, 5) is 11.5. The Kier molecular flexibility index (Phi) is 5.80. The first kappa shape index (κ1) is 13.5. The molecule has 2 heterocycles. The summed E-state index contributed by atoms with van der Waals surface area (Å²) in [6.45, 7) is 1.11. The Morgan fingerprint density at radius 1 is 1.62 bits per heavy atom. The Morgan fingerprint density at radius 3 is 3.12 bits per heavy atom. The van der Waals surface area contributed by atoms with Gasteiger partial charge in [-0.1, -0.05) is 0 Å². The maximum absolute atomic E-state index is 11.5. The number of carbonyl (C=O) groups excluding carboxylic acids is 1. The number of nitrogens with one attached hydrogen (secondary N) is 2. The monoisotopic (exact) mass is 260 g/mol. The summed E-state index contributed by atoms with van der Waals surface area (Å²) in [5, 5.41) is 10.2. The highest BCUT2D eigenvalue weighted by Crippen LogP contribution is 2.14. The second-order valence-corrected chi connectivity index (χ2v) is 4.67. The van der Waals surface area contributed by atoms with Crippen molar-refractivity contribution in [2.75, 3.05) is 11.9 Å². The molecule has 3 nitrogen and oxygen atoms in total. The molecule has 0 bridgehead atoms. The van der Waals surface area contributed by atoms with Crippen molar-refractivity contribution in [1.29, 1.82) is 0 Å². The number of hydrogen-bond acceptors (Lipinski definition) is 3. The van der Waals surface area contributed by atoms with Crippen LogP contribution in [0.25, 0.3) is 0 Å². The van der Waals surface area contributed by atoms with Crippen LogP contribution in [0.3, 0.4) is 0 Å². The van der Waals surface area contributed by atoms with Crippen molar-refractivity contribution >= 4 is 35.3 Å². The van der Waals surface area contributed by atoms with Crippen LogP contribution in [0.15, 0.2) is 16.8 Å². The predicted molar refractivity (Wildman–Crippen MR) is 70.5 cm³/mol. The predicted octanol–water partition coefficient (Wildman–Crippen LogP) is 2.64. The average Bonchev–Trinajstić information content (AvgIpc) is 2.86. The van der Waals surface area contributed by atoms with Gasteiger partial charge in [-0.15, -0.1) is 12.4 Å². The highest BCUT2D eigenvalue weighted by atomic mass is 35.5. The molecule has 1 unspecified atom stereocenters. The Morgan fingerprint density at radius 2 is 2.50 bits per heavy atom. The number of anilines is 1. The molecule has 90 valence electrons. The van der Waals surface area contributed by atoms with E-state index in [-0.39, 0.29) is 18.3 Å². The van der Waals surface area contributed by atoms with E-state index in [1.165, 1.54) is 12.8 Å². The standard InChI is InChI=1S/C11H16N2OS.ClH/c14-11(13-10-5-7-15-8-10)4-3-9-2-1-6-12-9;/h5,7-9,12H,1-4,6H2,(H,13,14);1H. The molecule has 0 spiro atoms. The molecular formula is C11H17ClN2OS. The van der Waals surface area contributed by atoms with E-state index in [1.54, 1.807) is 11.3 Å². The normalized spacial score (nSPS) is 19.1. The molecule has 1 aliphatic heterocycles. The van der Waals surface area contributed by atoms with Crippen molar-refractivity contribution in [2.45, 2.75) is 31.7 Å². The molecule has 1 aromatic heterocycles. The van der Waals surface area contributed by atoms with Gasteiger partial charge in [-0.2, -0.15) is 11.3 Å². The molecule has 1 atom stereocenters. The summed E-state index contributed by atoms with van der Waals surface area (Å²) in [5.41, 5.74) is 0.921.